The Morgan fingerprint density at radius 2 is 1.81 bits per heavy atom. The lowest BCUT2D eigenvalue weighted by molar-refractivity contribution is -0.142. The number of carbonyl (C=O) groups is 2. The van der Waals surface area contributed by atoms with Crippen LogP contribution >= 0.6 is 0 Å². The van der Waals surface area contributed by atoms with Gasteiger partial charge in [0.25, 0.3) is 0 Å². The molecule has 1 rings (SSSR count). The minimum absolute atomic E-state index is 0.0550. The molecular formula is C11H20N2O3. The van der Waals surface area contributed by atoms with E-state index < -0.39 is 17.4 Å². The Morgan fingerprint density at radius 3 is 2.19 bits per heavy atom. The van der Waals surface area contributed by atoms with Crippen LogP contribution in [0, 0.1) is 5.41 Å². The number of carbonyl (C=O) groups excluding carboxylic acids is 2. The van der Waals surface area contributed by atoms with Crippen LogP contribution in [0.3, 0.4) is 0 Å². The van der Waals surface area contributed by atoms with Gasteiger partial charge in [-0.3, -0.25) is 9.59 Å². The molecule has 1 aliphatic rings. The summed E-state index contributed by atoms with van der Waals surface area (Å²) in [7, 11) is 1.49. The van der Waals surface area contributed by atoms with Gasteiger partial charge < -0.3 is 16.2 Å². The van der Waals surface area contributed by atoms with Gasteiger partial charge in [-0.05, 0) is 12.8 Å². The van der Waals surface area contributed by atoms with Gasteiger partial charge in [0.1, 0.15) is 0 Å². The zero-order chi connectivity index (χ0) is 12.2. The molecule has 92 valence electrons. The van der Waals surface area contributed by atoms with Crippen molar-refractivity contribution in [2.75, 3.05) is 7.11 Å². The summed E-state index contributed by atoms with van der Waals surface area (Å²) in [6.45, 7) is 0. The monoisotopic (exact) mass is 228 g/mol. The molecule has 0 radical (unpaired) electrons. The molecule has 16 heavy (non-hydrogen) atoms. The fourth-order valence-electron chi connectivity index (χ4n) is 2.60. The summed E-state index contributed by atoms with van der Waals surface area (Å²) in [4.78, 5) is 22.6. The van der Waals surface area contributed by atoms with Crippen LogP contribution in [0.4, 0.5) is 0 Å². The van der Waals surface area contributed by atoms with E-state index in [1.807, 2.05) is 0 Å². The summed E-state index contributed by atoms with van der Waals surface area (Å²) in [6, 6.07) is 0. The SMILES string of the molecule is COC(CC(N)=O)C1(C(N)=O)CCCCC1. The fraction of sp³-hybridized carbons (Fsp3) is 0.818. The second kappa shape index (κ2) is 5.30. The maximum atomic E-state index is 11.6. The third kappa shape index (κ3) is 2.52. The van der Waals surface area contributed by atoms with Crippen molar-refractivity contribution in [1.29, 1.82) is 0 Å². The van der Waals surface area contributed by atoms with Crippen LogP contribution < -0.4 is 11.5 Å². The van der Waals surface area contributed by atoms with Crippen LogP contribution in [0.1, 0.15) is 38.5 Å². The van der Waals surface area contributed by atoms with Gasteiger partial charge in [-0.1, -0.05) is 19.3 Å². The van der Waals surface area contributed by atoms with E-state index in [1.54, 1.807) is 0 Å². The van der Waals surface area contributed by atoms with Crippen molar-refractivity contribution in [2.45, 2.75) is 44.6 Å². The van der Waals surface area contributed by atoms with Gasteiger partial charge in [0.15, 0.2) is 0 Å². The van der Waals surface area contributed by atoms with Crippen molar-refractivity contribution in [3.63, 3.8) is 0 Å². The first kappa shape index (κ1) is 13.0. The number of ether oxygens (including phenoxy) is 1. The van der Waals surface area contributed by atoms with Gasteiger partial charge in [-0.25, -0.2) is 0 Å². The number of rotatable bonds is 5. The topological polar surface area (TPSA) is 95.4 Å². The van der Waals surface area contributed by atoms with Crippen molar-refractivity contribution in [2.24, 2.45) is 16.9 Å². The predicted molar refractivity (Wildman–Crippen MR) is 59.3 cm³/mol. The van der Waals surface area contributed by atoms with E-state index in [0.717, 1.165) is 19.3 Å². The highest BCUT2D eigenvalue weighted by Crippen LogP contribution is 2.41. The number of primary amides is 2. The number of methoxy groups -OCH3 is 1. The summed E-state index contributed by atoms with van der Waals surface area (Å²) >= 11 is 0. The molecule has 1 fully saturated rings. The maximum Gasteiger partial charge on any atom is 0.226 e. The van der Waals surface area contributed by atoms with Crippen molar-refractivity contribution in [3.8, 4) is 0 Å². The Labute approximate surface area is 95.5 Å². The van der Waals surface area contributed by atoms with E-state index in [0.29, 0.717) is 12.8 Å². The first-order valence-electron chi connectivity index (χ1n) is 5.64. The Kier molecular flexibility index (Phi) is 4.29. The molecule has 2 amide bonds. The van der Waals surface area contributed by atoms with Crippen LogP contribution in [-0.4, -0.2) is 25.0 Å². The van der Waals surface area contributed by atoms with Crippen LogP contribution in [0.5, 0.6) is 0 Å². The molecule has 0 spiro atoms. The fourth-order valence-corrected chi connectivity index (χ4v) is 2.60. The van der Waals surface area contributed by atoms with Crippen LogP contribution in [-0.2, 0) is 14.3 Å². The molecule has 0 aromatic rings. The zero-order valence-corrected chi connectivity index (χ0v) is 9.70. The Morgan fingerprint density at radius 1 is 1.25 bits per heavy atom. The molecule has 0 aliphatic heterocycles. The molecule has 0 heterocycles. The second-order valence-electron chi connectivity index (χ2n) is 4.48. The molecule has 1 unspecified atom stereocenters. The quantitative estimate of drug-likeness (QED) is 0.709. The molecule has 0 aromatic heterocycles. The number of nitrogens with two attached hydrogens (primary N) is 2. The van der Waals surface area contributed by atoms with Crippen LogP contribution in [0.2, 0.25) is 0 Å². The van der Waals surface area contributed by atoms with Gasteiger partial charge in [-0.15, -0.1) is 0 Å². The summed E-state index contributed by atoms with van der Waals surface area (Å²) in [5.41, 5.74) is 9.94. The van der Waals surface area contributed by atoms with E-state index in [9.17, 15) is 9.59 Å². The molecule has 1 aliphatic carbocycles. The first-order valence-corrected chi connectivity index (χ1v) is 5.64. The number of amides is 2. The standard InChI is InChI=1S/C11H20N2O3/c1-16-8(7-9(12)14)11(10(13)15)5-3-2-4-6-11/h8H,2-7H2,1H3,(H2,12,14)(H2,13,15). The summed E-state index contributed by atoms with van der Waals surface area (Å²) in [5, 5.41) is 0. The molecule has 0 saturated heterocycles. The molecular weight excluding hydrogens is 208 g/mol. The van der Waals surface area contributed by atoms with E-state index >= 15 is 0 Å². The smallest absolute Gasteiger partial charge is 0.226 e. The van der Waals surface area contributed by atoms with E-state index in [4.69, 9.17) is 16.2 Å². The van der Waals surface area contributed by atoms with Gasteiger partial charge in [0, 0.05) is 7.11 Å². The maximum absolute atomic E-state index is 11.6. The molecule has 4 N–H and O–H groups in total. The van der Waals surface area contributed by atoms with Crippen molar-refractivity contribution in [3.05, 3.63) is 0 Å². The molecule has 1 saturated carbocycles. The lowest BCUT2D eigenvalue weighted by Gasteiger charge is -2.39. The van der Waals surface area contributed by atoms with Gasteiger partial charge in [0.2, 0.25) is 11.8 Å². The lowest BCUT2D eigenvalue weighted by Crippen LogP contribution is -2.49. The summed E-state index contributed by atoms with van der Waals surface area (Å²) < 4.78 is 5.26. The highest BCUT2D eigenvalue weighted by Gasteiger charge is 2.45. The first-order chi connectivity index (χ1) is 7.53. The lowest BCUT2D eigenvalue weighted by atomic mass is 9.68. The minimum atomic E-state index is -0.706. The molecule has 0 aromatic carbocycles. The Bertz CT molecular complexity index is 272. The Hall–Kier alpha value is -1.10. The molecule has 5 heteroatoms. The zero-order valence-electron chi connectivity index (χ0n) is 9.70. The summed E-state index contributed by atoms with van der Waals surface area (Å²) in [6.07, 6.45) is 3.94. The van der Waals surface area contributed by atoms with Crippen molar-refractivity contribution in [1.82, 2.24) is 0 Å². The molecule has 0 bridgehead atoms. The van der Waals surface area contributed by atoms with Gasteiger partial charge in [0.05, 0.1) is 17.9 Å². The predicted octanol–water partition coefficient (Wildman–Crippen LogP) is 0.313. The van der Waals surface area contributed by atoms with E-state index in [2.05, 4.69) is 0 Å². The highest BCUT2D eigenvalue weighted by atomic mass is 16.5. The molecule has 5 nitrogen and oxygen atoms in total. The average Bonchev–Trinajstić information content (AvgIpc) is 2.26. The van der Waals surface area contributed by atoms with E-state index in [1.165, 1.54) is 7.11 Å². The Balaban J connectivity index is 2.88. The van der Waals surface area contributed by atoms with Crippen LogP contribution in [0.15, 0.2) is 0 Å². The van der Waals surface area contributed by atoms with Crippen molar-refractivity contribution < 1.29 is 14.3 Å². The molecule has 1 atom stereocenters. The summed E-state index contributed by atoms with van der Waals surface area (Å²) in [5.74, 6) is -0.835. The largest absolute Gasteiger partial charge is 0.380 e. The second-order valence-corrected chi connectivity index (χ2v) is 4.48. The average molecular weight is 228 g/mol. The van der Waals surface area contributed by atoms with E-state index in [-0.39, 0.29) is 12.3 Å². The highest BCUT2D eigenvalue weighted by molar-refractivity contribution is 5.83. The minimum Gasteiger partial charge on any atom is -0.380 e. The third-order valence-corrected chi connectivity index (χ3v) is 3.52. The third-order valence-electron chi connectivity index (χ3n) is 3.52. The normalized spacial score (nSPS) is 21.3. The van der Waals surface area contributed by atoms with Crippen LogP contribution in [0.25, 0.3) is 0 Å². The van der Waals surface area contributed by atoms with Crippen molar-refractivity contribution >= 4 is 11.8 Å². The number of hydrogen-bond donors (Lipinski definition) is 2. The number of hydrogen-bond acceptors (Lipinski definition) is 3. The van der Waals surface area contributed by atoms with Gasteiger partial charge >= 0.3 is 0 Å². The van der Waals surface area contributed by atoms with Gasteiger partial charge in [-0.2, -0.15) is 0 Å².